The van der Waals surface area contributed by atoms with Crippen molar-refractivity contribution in [2.45, 2.75) is 51.5 Å². The van der Waals surface area contributed by atoms with Gasteiger partial charge >= 0.3 is 30.3 Å². The summed E-state index contributed by atoms with van der Waals surface area (Å²) in [6.07, 6.45) is -7.30. The van der Waals surface area contributed by atoms with Crippen LogP contribution in [-0.4, -0.2) is 83.2 Å². The predicted molar refractivity (Wildman–Crippen MR) is 156 cm³/mol. The number of nitrogens with zero attached hydrogens (tertiary/aromatic N) is 2. The van der Waals surface area contributed by atoms with Crippen LogP contribution >= 0.6 is 0 Å². The SMILES string of the molecule is CC(C)C[C@@H](C(=O)Oc1ccc(C(=N)N2CCCC2)cc1)N(C)c1cccc(C(=N)N)c1.O=C(O)C(F)(F)F.O=C(O)C(F)(F)F. The number of esters is 1. The van der Waals surface area contributed by atoms with Crippen LogP contribution in [0.15, 0.2) is 48.5 Å². The summed E-state index contributed by atoms with van der Waals surface area (Å²) in [5, 5.41) is 30.3. The van der Waals surface area contributed by atoms with Crippen molar-refractivity contribution in [3.8, 4) is 5.75 Å². The Bertz CT molecular complexity index is 1340. The molecule has 1 fully saturated rings. The molecule has 0 aliphatic carbocycles. The van der Waals surface area contributed by atoms with Crippen molar-refractivity contribution in [1.82, 2.24) is 4.90 Å². The summed E-state index contributed by atoms with van der Waals surface area (Å²) in [5.74, 6) is -4.59. The van der Waals surface area contributed by atoms with Crippen LogP contribution in [0.5, 0.6) is 5.75 Å². The van der Waals surface area contributed by atoms with Crippen molar-refractivity contribution in [2.75, 3.05) is 25.0 Å². The number of carboxylic acids is 2. The van der Waals surface area contributed by atoms with Crippen LogP contribution < -0.4 is 15.4 Å². The number of carbonyl (C=O) groups is 3. The van der Waals surface area contributed by atoms with E-state index in [0.29, 0.717) is 23.6 Å². The van der Waals surface area contributed by atoms with E-state index in [1.807, 2.05) is 42.3 Å². The number of carbonyl (C=O) groups excluding carboxylic acids is 1. The highest BCUT2D eigenvalue weighted by Gasteiger charge is 2.39. The number of amidine groups is 2. The Balaban J connectivity index is 0.000000629. The molecule has 0 saturated carbocycles. The average Bonchev–Trinajstić information content (AvgIpc) is 3.50. The Hall–Kier alpha value is -4.83. The number of likely N-dealkylation sites (N-methyl/N-ethyl adjacent to an activating group) is 1. The fraction of sp³-hybridized carbons (Fsp3) is 0.414. The van der Waals surface area contributed by atoms with Gasteiger partial charge in [0.05, 0.1) is 0 Å². The number of rotatable bonds is 8. The van der Waals surface area contributed by atoms with Crippen molar-refractivity contribution < 1.29 is 55.7 Å². The second-order valence-electron chi connectivity index (χ2n) is 10.3. The molecule has 0 radical (unpaired) electrons. The molecule has 46 heavy (non-hydrogen) atoms. The lowest BCUT2D eigenvalue weighted by molar-refractivity contribution is -0.193. The number of nitrogens with two attached hydrogens (primary N) is 1. The number of hydrogen-bond donors (Lipinski definition) is 5. The largest absolute Gasteiger partial charge is 0.490 e. The summed E-state index contributed by atoms with van der Waals surface area (Å²) in [4.78, 5) is 34.9. The summed E-state index contributed by atoms with van der Waals surface area (Å²) in [7, 11) is 1.86. The number of nitrogens with one attached hydrogen (secondary N) is 2. The highest BCUT2D eigenvalue weighted by molar-refractivity contribution is 5.97. The number of likely N-dealkylation sites (tertiary alicyclic amines) is 1. The molecule has 0 bridgehead atoms. The molecule has 6 N–H and O–H groups in total. The number of halogens is 6. The fourth-order valence-corrected chi connectivity index (χ4v) is 3.92. The van der Waals surface area contributed by atoms with E-state index in [4.69, 9.17) is 41.1 Å². The third kappa shape index (κ3) is 13.0. The molecular formula is C29H35F6N5O6. The van der Waals surface area contributed by atoms with E-state index < -0.39 is 30.3 Å². The summed E-state index contributed by atoms with van der Waals surface area (Å²) >= 11 is 0. The van der Waals surface area contributed by atoms with E-state index in [2.05, 4.69) is 18.7 Å². The van der Waals surface area contributed by atoms with E-state index in [-0.39, 0.29) is 17.7 Å². The van der Waals surface area contributed by atoms with Gasteiger partial charge in [0.1, 0.15) is 23.5 Å². The Morgan fingerprint density at radius 1 is 0.913 bits per heavy atom. The Labute approximate surface area is 260 Å². The van der Waals surface area contributed by atoms with Crippen LogP contribution in [0.1, 0.15) is 44.2 Å². The summed E-state index contributed by atoms with van der Waals surface area (Å²) in [6.45, 7) is 5.98. The van der Waals surface area contributed by atoms with Gasteiger partial charge in [-0.15, -0.1) is 0 Å². The molecule has 1 saturated heterocycles. The fourth-order valence-electron chi connectivity index (χ4n) is 3.92. The van der Waals surface area contributed by atoms with Crippen molar-refractivity contribution >= 4 is 35.3 Å². The molecular weight excluding hydrogens is 628 g/mol. The van der Waals surface area contributed by atoms with E-state index in [1.165, 1.54) is 0 Å². The minimum Gasteiger partial charge on any atom is -0.475 e. The van der Waals surface area contributed by atoms with Crippen LogP contribution in [-0.2, 0) is 14.4 Å². The number of aliphatic carboxylic acids is 2. The molecule has 17 heteroatoms. The molecule has 1 aliphatic rings. The minimum absolute atomic E-state index is 0.0113. The molecule has 1 aliphatic heterocycles. The van der Waals surface area contributed by atoms with Crippen LogP contribution in [0.25, 0.3) is 0 Å². The van der Waals surface area contributed by atoms with Gasteiger partial charge in [-0.1, -0.05) is 26.0 Å². The Morgan fingerprint density at radius 2 is 1.39 bits per heavy atom. The maximum Gasteiger partial charge on any atom is 0.490 e. The monoisotopic (exact) mass is 663 g/mol. The summed E-state index contributed by atoms with van der Waals surface area (Å²) in [6, 6.07) is 14.0. The smallest absolute Gasteiger partial charge is 0.475 e. The average molecular weight is 664 g/mol. The number of hydrogen-bond acceptors (Lipinski definition) is 7. The summed E-state index contributed by atoms with van der Waals surface area (Å²) in [5.41, 5.74) is 7.87. The molecule has 11 nitrogen and oxygen atoms in total. The maximum absolute atomic E-state index is 13.1. The van der Waals surface area contributed by atoms with Crippen LogP contribution in [0.4, 0.5) is 32.0 Å². The lowest BCUT2D eigenvalue weighted by Gasteiger charge is -2.30. The van der Waals surface area contributed by atoms with Gasteiger partial charge in [-0.25, -0.2) is 14.4 Å². The quantitative estimate of drug-likeness (QED) is 0.0843. The first-order valence-corrected chi connectivity index (χ1v) is 13.6. The van der Waals surface area contributed by atoms with Gasteiger partial charge < -0.3 is 30.5 Å². The Kier molecular flexibility index (Phi) is 14.5. The third-order valence-corrected chi connectivity index (χ3v) is 6.25. The van der Waals surface area contributed by atoms with Gasteiger partial charge in [-0.3, -0.25) is 10.8 Å². The second kappa shape index (κ2) is 17.0. The second-order valence-corrected chi connectivity index (χ2v) is 10.3. The van der Waals surface area contributed by atoms with E-state index in [0.717, 1.165) is 37.2 Å². The van der Waals surface area contributed by atoms with Gasteiger partial charge in [0.25, 0.3) is 0 Å². The van der Waals surface area contributed by atoms with E-state index in [1.54, 1.807) is 18.2 Å². The number of carboxylic acid groups (broad SMARTS) is 2. The molecule has 1 atom stereocenters. The highest BCUT2D eigenvalue weighted by Crippen LogP contribution is 2.23. The zero-order chi connectivity index (χ0) is 35.4. The third-order valence-electron chi connectivity index (χ3n) is 6.25. The first-order valence-electron chi connectivity index (χ1n) is 13.6. The number of benzene rings is 2. The van der Waals surface area contributed by atoms with E-state index >= 15 is 0 Å². The van der Waals surface area contributed by atoms with Gasteiger partial charge in [0.2, 0.25) is 0 Å². The Morgan fingerprint density at radius 3 is 1.80 bits per heavy atom. The number of alkyl halides is 6. The number of ether oxygens (including phenoxy) is 1. The molecule has 3 rings (SSSR count). The first-order chi connectivity index (χ1) is 21.1. The lowest BCUT2D eigenvalue weighted by Crippen LogP contribution is -2.42. The maximum atomic E-state index is 13.1. The molecule has 2 aromatic carbocycles. The lowest BCUT2D eigenvalue weighted by atomic mass is 10.0. The molecule has 254 valence electrons. The standard InChI is InChI=1S/C25H33N5O2.2C2HF3O2/c1-17(2)15-22(29(3)20-8-6-7-19(16-20)23(26)27)25(31)32-21-11-9-18(10-12-21)24(28)30-13-4-5-14-30;2*3-2(4,5)1(6)7/h6-12,16-17,22,28H,4-5,13-15H2,1-3H3,(H3,26,27);2*(H,6,7)/t22-;;/m0../s1. The predicted octanol–water partition coefficient (Wildman–Crippen LogP) is 5.11. The van der Waals surface area contributed by atoms with E-state index in [9.17, 15) is 31.1 Å². The minimum atomic E-state index is -5.08. The zero-order valence-electron chi connectivity index (χ0n) is 25.1. The molecule has 0 amide bonds. The molecule has 2 aromatic rings. The van der Waals surface area contributed by atoms with Crippen molar-refractivity contribution in [1.29, 1.82) is 10.8 Å². The van der Waals surface area contributed by atoms with Crippen molar-refractivity contribution in [2.24, 2.45) is 11.7 Å². The highest BCUT2D eigenvalue weighted by atomic mass is 19.4. The zero-order valence-corrected chi connectivity index (χ0v) is 25.1. The van der Waals surface area contributed by atoms with Gasteiger partial charge in [0, 0.05) is 37.0 Å². The van der Waals surface area contributed by atoms with Crippen molar-refractivity contribution in [3.63, 3.8) is 0 Å². The van der Waals surface area contributed by atoms with Gasteiger partial charge in [-0.2, -0.15) is 26.3 Å². The number of nitrogen functional groups attached to an aromatic ring is 1. The number of anilines is 1. The first kappa shape index (κ1) is 39.2. The van der Waals surface area contributed by atoms with Gasteiger partial charge in [-0.05, 0) is 61.6 Å². The van der Waals surface area contributed by atoms with Gasteiger partial charge in [0.15, 0.2) is 0 Å². The molecule has 1 heterocycles. The molecule has 0 unspecified atom stereocenters. The van der Waals surface area contributed by atoms with Crippen molar-refractivity contribution in [3.05, 3.63) is 59.7 Å². The normalized spacial score (nSPS) is 13.4. The summed E-state index contributed by atoms with van der Waals surface area (Å²) < 4.78 is 69.2. The van der Waals surface area contributed by atoms with Crippen LogP contribution in [0.3, 0.4) is 0 Å². The molecule has 0 aromatic heterocycles. The van der Waals surface area contributed by atoms with Crippen LogP contribution in [0, 0.1) is 16.7 Å². The van der Waals surface area contributed by atoms with Crippen LogP contribution in [0.2, 0.25) is 0 Å². The molecule has 0 spiro atoms. The topological polar surface area (TPSA) is 181 Å².